The molecule has 1 aromatic carbocycles. The Kier molecular flexibility index (Phi) is 3.96. The molecular formula is C14H13BrClNO7. The summed E-state index contributed by atoms with van der Waals surface area (Å²) in [5.41, 5.74) is -2.40. The summed E-state index contributed by atoms with van der Waals surface area (Å²) in [4.78, 5) is 14.4. The van der Waals surface area contributed by atoms with E-state index in [4.69, 9.17) is 16.3 Å². The number of ether oxygens (including phenoxy) is 1. The van der Waals surface area contributed by atoms with E-state index in [1.54, 1.807) is 24.3 Å². The first-order valence-corrected chi connectivity index (χ1v) is 7.90. The summed E-state index contributed by atoms with van der Waals surface area (Å²) in [7, 11) is 0. The van der Waals surface area contributed by atoms with Crippen LogP contribution in [0.4, 0.5) is 0 Å². The molecule has 0 saturated carbocycles. The first-order valence-electron chi connectivity index (χ1n) is 6.73. The van der Waals surface area contributed by atoms with Gasteiger partial charge in [0.2, 0.25) is 9.57 Å². The van der Waals surface area contributed by atoms with E-state index < -0.39 is 33.5 Å². The fourth-order valence-electron chi connectivity index (χ4n) is 2.87. The van der Waals surface area contributed by atoms with Crippen LogP contribution in [-0.2, 0) is 15.1 Å². The third kappa shape index (κ3) is 2.07. The normalized spacial score (nSPS) is 39.9. The van der Waals surface area contributed by atoms with E-state index in [1.165, 1.54) is 6.20 Å². The van der Waals surface area contributed by atoms with E-state index in [-0.39, 0.29) is 5.56 Å². The van der Waals surface area contributed by atoms with Crippen LogP contribution in [0.15, 0.2) is 30.5 Å². The van der Waals surface area contributed by atoms with Crippen LogP contribution < -0.4 is 0 Å². The number of para-hydroxylation sites is 1. The minimum atomic E-state index is -3.05. The van der Waals surface area contributed by atoms with E-state index in [0.717, 1.165) is 0 Å². The number of rotatable bonds is 2. The number of alkyl halides is 2. The molecule has 1 fully saturated rings. The quantitative estimate of drug-likeness (QED) is 0.379. The fourth-order valence-corrected chi connectivity index (χ4v) is 3.57. The number of aromatic amines is 1. The highest BCUT2D eigenvalue weighted by Gasteiger charge is 2.74. The van der Waals surface area contributed by atoms with Crippen molar-refractivity contribution < 1.29 is 35.1 Å². The molecule has 0 bridgehead atoms. The molecule has 1 saturated heterocycles. The van der Waals surface area contributed by atoms with Crippen LogP contribution in [0.5, 0.6) is 0 Å². The lowest BCUT2D eigenvalue weighted by molar-refractivity contribution is -0.339. The van der Waals surface area contributed by atoms with Crippen LogP contribution in [0.2, 0.25) is 0 Å². The topological polar surface area (TPSA) is 143 Å². The Bertz CT molecular complexity index is 807. The number of carboxylic acids is 1. The van der Waals surface area contributed by atoms with Gasteiger partial charge < -0.3 is 35.3 Å². The smallest absolute Gasteiger partial charge is 0.336 e. The molecule has 1 aliphatic rings. The second kappa shape index (κ2) is 5.40. The monoisotopic (exact) mass is 421 g/mol. The van der Waals surface area contributed by atoms with Gasteiger partial charge in [-0.25, -0.2) is 4.79 Å². The van der Waals surface area contributed by atoms with E-state index in [1.807, 2.05) is 0 Å². The molecule has 0 radical (unpaired) electrons. The average molecular weight is 423 g/mol. The van der Waals surface area contributed by atoms with E-state index in [0.29, 0.717) is 10.9 Å². The van der Waals surface area contributed by atoms with Crippen molar-refractivity contribution in [2.24, 2.45) is 0 Å². The zero-order chi connectivity index (χ0) is 17.9. The van der Waals surface area contributed by atoms with Gasteiger partial charge in [0, 0.05) is 22.7 Å². The number of benzene rings is 1. The maximum Gasteiger partial charge on any atom is 0.336 e. The van der Waals surface area contributed by atoms with Crippen LogP contribution in [0.25, 0.3) is 10.9 Å². The van der Waals surface area contributed by atoms with Crippen molar-refractivity contribution in [3.05, 3.63) is 36.0 Å². The largest absolute Gasteiger partial charge is 0.479 e. The Labute approximate surface area is 148 Å². The number of H-pyrrole nitrogens is 1. The summed E-state index contributed by atoms with van der Waals surface area (Å²) in [6.07, 6.45) is -3.13. The van der Waals surface area contributed by atoms with Crippen molar-refractivity contribution in [2.45, 2.75) is 27.6 Å². The molecule has 8 nitrogen and oxygen atoms in total. The van der Waals surface area contributed by atoms with Crippen LogP contribution in [0.3, 0.4) is 0 Å². The summed E-state index contributed by atoms with van der Waals surface area (Å²) in [5, 5.41) is 48.5. The van der Waals surface area contributed by atoms with Gasteiger partial charge in [0.25, 0.3) is 0 Å². The zero-order valence-electron chi connectivity index (χ0n) is 11.8. The molecule has 1 aliphatic heterocycles. The summed E-state index contributed by atoms with van der Waals surface area (Å²) in [5.74, 6) is -1.69. The Morgan fingerprint density at radius 2 is 1.92 bits per heavy atom. The number of fused-ring (bicyclic) bond motifs is 1. The summed E-state index contributed by atoms with van der Waals surface area (Å²) in [6.45, 7) is 0. The van der Waals surface area contributed by atoms with Gasteiger partial charge in [0.1, 0.15) is 0 Å². The van der Waals surface area contributed by atoms with Crippen molar-refractivity contribution in [1.82, 2.24) is 4.98 Å². The van der Waals surface area contributed by atoms with Gasteiger partial charge in [-0.15, -0.1) is 0 Å². The number of carbonyl (C=O) groups is 1. The molecule has 0 aliphatic carbocycles. The minimum Gasteiger partial charge on any atom is -0.479 e. The van der Waals surface area contributed by atoms with Crippen molar-refractivity contribution >= 4 is 44.4 Å². The van der Waals surface area contributed by atoms with Crippen LogP contribution in [-0.4, -0.2) is 58.5 Å². The molecule has 130 valence electrons. The molecule has 6 N–H and O–H groups in total. The third-order valence-corrected chi connectivity index (χ3v) is 5.94. The van der Waals surface area contributed by atoms with E-state index >= 15 is 0 Å². The number of aliphatic carboxylic acids is 1. The SMILES string of the molecule is O=C(O)[C@@H]1O[C@@H](O)[C@@](O)(Br)[C@](O)(Cl)[C@@]1(O)c1c[nH]c2ccccc12. The summed E-state index contributed by atoms with van der Waals surface area (Å²) >= 11 is 8.60. The highest BCUT2D eigenvalue weighted by molar-refractivity contribution is 9.10. The highest BCUT2D eigenvalue weighted by Crippen LogP contribution is 2.55. The van der Waals surface area contributed by atoms with Gasteiger partial charge in [-0.05, 0) is 22.0 Å². The maximum atomic E-state index is 11.6. The van der Waals surface area contributed by atoms with Crippen molar-refractivity contribution in [1.29, 1.82) is 0 Å². The molecule has 2 aromatic rings. The molecule has 0 unspecified atom stereocenters. The van der Waals surface area contributed by atoms with Crippen molar-refractivity contribution in [2.75, 3.05) is 0 Å². The average Bonchev–Trinajstić information content (AvgIpc) is 2.94. The Hall–Kier alpha value is -1.20. The Morgan fingerprint density at radius 3 is 2.54 bits per heavy atom. The summed E-state index contributed by atoms with van der Waals surface area (Å²) < 4.78 is 2.09. The number of carboxylic acid groups (broad SMARTS) is 1. The zero-order valence-corrected chi connectivity index (χ0v) is 14.2. The lowest BCUT2D eigenvalue weighted by Gasteiger charge is -2.53. The van der Waals surface area contributed by atoms with Gasteiger partial charge in [0.05, 0.1) is 0 Å². The van der Waals surface area contributed by atoms with Crippen LogP contribution in [0.1, 0.15) is 5.56 Å². The lowest BCUT2D eigenvalue weighted by atomic mass is 9.77. The Balaban J connectivity index is 2.32. The predicted octanol–water partition coefficient (Wildman–Crippen LogP) is 0.168. The van der Waals surface area contributed by atoms with Crippen LogP contribution in [0, 0.1) is 0 Å². The van der Waals surface area contributed by atoms with Crippen molar-refractivity contribution in [3.63, 3.8) is 0 Å². The number of aromatic nitrogens is 1. The van der Waals surface area contributed by atoms with Gasteiger partial charge in [0.15, 0.2) is 18.0 Å². The van der Waals surface area contributed by atoms with Gasteiger partial charge in [-0.2, -0.15) is 0 Å². The second-order valence-electron chi connectivity index (χ2n) is 5.52. The molecule has 2 heterocycles. The van der Waals surface area contributed by atoms with Crippen LogP contribution >= 0.6 is 27.5 Å². The molecule has 10 heteroatoms. The maximum absolute atomic E-state index is 11.6. The standard InChI is InChI=1S/C14H13BrClNO7/c15-13(22)11(20)24-9(10(18)19)12(21,14(13,16)23)7-5-17-8-4-2-1-3-6(7)8/h1-5,9,11,17,20-23H,(H,18,19)/t9-,11+,12+,13-,14-/m0/s1. The number of hydrogen-bond donors (Lipinski definition) is 6. The van der Waals surface area contributed by atoms with Gasteiger partial charge in [-0.1, -0.05) is 29.8 Å². The summed E-state index contributed by atoms with van der Waals surface area (Å²) in [6, 6.07) is 6.55. The number of nitrogens with one attached hydrogen (secondary N) is 1. The molecular weight excluding hydrogens is 410 g/mol. The van der Waals surface area contributed by atoms with E-state index in [9.17, 15) is 30.3 Å². The number of hydrogen-bond acceptors (Lipinski definition) is 6. The molecule has 0 amide bonds. The third-order valence-electron chi connectivity index (χ3n) is 4.17. The molecule has 24 heavy (non-hydrogen) atoms. The molecule has 1 aromatic heterocycles. The predicted molar refractivity (Wildman–Crippen MR) is 85.4 cm³/mol. The second-order valence-corrected chi connectivity index (χ2v) is 7.27. The lowest BCUT2D eigenvalue weighted by Crippen LogP contribution is -2.75. The minimum absolute atomic E-state index is 0.118. The Morgan fingerprint density at radius 1 is 1.29 bits per heavy atom. The van der Waals surface area contributed by atoms with Gasteiger partial charge in [-0.3, -0.25) is 0 Å². The molecule has 3 rings (SSSR count). The molecule has 5 atom stereocenters. The fraction of sp³-hybridized carbons (Fsp3) is 0.357. The number of aliphatic hydroxyl groups excluding tert-OH is 1. The number of halogens is 2. The van der Waals surface area contributed by atoms with Crippen molar-refractivity contribution in [3.8, 4) is 0 Å². The molecule has 0 spiro atoms. The van der Waals surface area contributed by atoms with E-state index in [2.05, 4.69) is 20.9 Å². The van der Waals surface area contributed by atoms with Gasteiger partial charge >= 0.3 is 5.97 Å². The first-order chi connectivity index (χ1) is 11.0. The first kappa shape index (κ1) is 17.6. The number of aliphatic hydroxyl groups is 4. The highest BCUT2D eigenvalue weighted by atomic mass is 79.9.